The Balaban J connectivity index is 0.000000509. The molecule has 0 saturated carbocycles. The highest BCUT2D eigenvalue weighted by Crippen LogP contribution is 2.37. The molecule has 1 aliphatic rings. The number of aldehydes is 1. The molecule has 12 heteroatoms. The Hall–Kier alpha value is -3.28. The maximum atomic E-state index is 14.5. The van der Waals surface area contributed by atoms with Crippen LogP contribution in [-0.2, 0) is 27.5 Å². The highest BCUT2D eigenvalue weighted by atomic mass is 19.4. The Morgan fingerprint density at radius 1 is 1.21 bits per heavy atom. The number of alkyl halides is 3. The number of aryl methyl sites for hydroxylation is 1. The van der Waals surface area contributed by atoms with Crippen LogP contribution in [-0.4, -0.2) is 48.8 Å². The average molecular weight is 487 g/mol. The smallest absolute Gasteiger partial charge is 0.433 e. The number of rotatable bonds is 7. The first-order chi connectivity index (χ1) is 16.0. The van der Waals surface area contributed by atoms with Crippen LogP contribution in [0.25, 0.3) is 11.3 Å². The van der Waals surface area contributed by atoms with Crippen molar-refractivity contribution in [1.29, 1.82) is 0 Å². The molecule has 2 aromatic rings. The molecule has 0 radical (unpaired) electrons. The zero-order valence-corrected chi connectivity index (χ0v) is 18.9. The van der Waals surface area contributed by atoms with Gasteiger partial charge in [-0.3, -0.25) is 19.2 Å². The molecule has 1 aromatic carbocycles. The lowest BCUT2D eigenvalue weighted by molar-refractivity contribution is -0.144. The van der Waals surface area contributed by atoms with Crippen LogP contribution in [0.2, 0.25) is 0 Å². The zero-order valence-electron chi connectivity index (χ0n) is 18.9. The second-order valence-corrected chi connectivity index (χ2v) is 7.32. The molecular weight excluding hydrogens is 462 g/mol. The van der Waals surface area contributed by atoms with Crippen LogP contribution in [0.4, 0.5) is 23.2 Å². The Bertz CT molecular complexity index is 1080. The summed E-state index contributed by atoms with van der Waals surface area (Å²) in [5.41, 5.74) is -3.43. The van der Waals surface area contributed by atoms with E-state index in [4.69, 9.17) is 9.47 Å². The van der Waals surface area contributed by atoms with E-state index >= 15 is 0 Å². The predicted molar refractivity (Wildman–Crippen MR) is 115 cm³/mol. The maximum Gasteiger partial charge on any atom is 0.433 e. The number of benzene rings is 1. The number of amides is 1. The van der Waals surface area contributed by atoms with E-state index < -0.39 is 46.9 Å². The summed E-state index contributed by atoms with van der Waals surface area (Å²) in [6.45, 7) is 2.38. The number of carbonyl (C=O) groups is 2. The summed E-state index contributed by atoms with van der Waals surface area (Å²) in [5.74, 6) is -1.58. The van der Waals surface area contributed by atoms with E-state index in [0.29, 0.717) is 17.0 Å². The Kier molecular flexibility index (Phi) is 9.30. The zero-order chi connectivity index (χ0) is 25.5. The van der Waals surface area contributed by atoms with Gasteiger partial charge in [-0.2, -0.15) is 18.3 Å². The van der Waals surface area contributed by atoms with Gasteiger partial charge in [0.15, 0.2) is 6.61 Å². The number of methoxy groups -OCH3 is 1. The van der Waals surface area contributed by atoms with Gasteiger partial charge in [0.1, 0.15) is 29.2 Å². The topological polar surface area (TPSA) is 90.7 Å². The van der Waals surface area contributed by atoms with Crippen LogP contribution >= 0.6 is 0 Å². The summed E-state index contributed by atoms with van der Waals surface area (Å²) in [6.07, 6.45) is -0.565. The molecule has 0 aliphatic carbocycles. The Labute approximate surface area is 193 Å². The molecule has 0 spiro atoms. The first-order valence-electron chi connectivity index (χ1n) is 10.4. The van der Waals surface area contributed by atoms with Crippen LogP contribution in [0.3, 0.4) is 0 Å². The van der Waals surface area contributed by atoms with Crippen LogP contribution in [0, 0.1) is 5.82 Å². The van der Waals surface area contributed by atoms with Gasteiger partial charge in [0, 0.05) is 38.5 Å². The molecule has 0 atom stereocenters. The minimum atomic E-state index is -4.81. The van der Waals surface area contributed by atoms with Crippen molar-refractivity contribution in [2.75, 3.05) is 31.8 Å². The quantitative estimate of drug-likeness (QED) is 0.338. The Morgan fingerprint density at radius 3 is 2.50 bits per heavy atom. The summed E-state index contributed by atoms with van der Waals surface area (Å²) in [7, 11) is 2.71. The maximum absolute atomic E-state index is 14.5. The molecule has 2 heterocycles. The van der Waals surface area contributed by atoms with Crippen molar-refractivity contribution in [3.8, 4) is 17.0 Å². The summed E-state index contributed by atoms with van der Waals surface area (Å²) < 4.78 is 63.5. The summed E-state index contributed by atoms with van der Waals surface area (Å²) in [4.78, 5) is 35.8. The third kappa shape index (κ3) is 6.40. The lowest BCUT2D eigenvalue weighted by atomic mass is 10.1. The van der Waals surface area contributed by atoms with Crippen molar-refractivity contribution >= 4 is 17.9 Å². The monoisotopic (exact) mass is 487 g/mol. The normalized spacial score (nSPS) is 13.0. The third-order valence-corrected chi connectivity index (χ3v) is 4.85. The molecule has 34 heavy (non-hydrogen) atoms. The summed E-state index contributed by atoms with van der Waals surface area (Å²) in [5, 5.41) is 3.54. The highest BCUT2D eigenvalue weighted by Gasteiger charge is 2.35. The van der Waals surface area contributed by atoms with E-state index in [9.17, 15) is 31.9 Å². The van der Waals surface area contributed by atoms with E-state index in [1.54, 1.807) is 7.11 Å². The van der Waals surface area contributed by atoms with E-state index in [1.807, 2.05) is 0 Å². The number of carbonyl (C=O) groups excluding carboxylic acids is 2. The fourth-order valence-electron chi connectivity index (χ4n) is 3.17. The molecular formula is C22H25F4N3O5. The van der Waals surface area contributed by atoms with Gasteiger partial charge in [-0.15, -0.1) is 0 Å². The number of hydrogen-bond donors (Lipinski definition) is 0. The first kappa shape index (κ1) is 27.0. The standard InChI is InChI=1S/C16H11F4N3O4.C6H14O/c1-22-13(16(18,19)20)6-11(25)15(21-22)8-4-10-12(5-9(8)17)27-7-14(26)23(10)2-3-24;1-3-4-5-6-7-2/h3-6H,2,7H2,1H3;3-6H2,1-2H3. The van der Waals surface area contributed by atoms with Crippen molar-refractivity contribution in [2.24, 2.45) is 7.05 Å². The van der Waals surface area contributed by atoms with Crippen molar-refractivity contribution < 1.29 is 36.6 Å². The van der Waals surface area contributed by atoms with Gasteiger partial charge in [0.2, 0.25) is 5.43 Å². The van der Waals surface area contributed by atoms with Gasteiger partial charge >= 0.3 is 6.18 Å². The number of halogens is 4. The van der Waals surface area contributed by atoms with Crippen molar-refractivity contribution in [3.63, 3.8) is 0 Å². The fraction of sp³-hybridized carbons (Fsp3) is 0.455. The number of nitrogens with zero attached hydrogens (tertiary/aromatic N) is 3. The second-order valence-electron chi connectivity index (χ2n) is 7.32. The van der Waals surface area contributed by atoms with Crippen LogP contribution in [0.1, 0.15) is 31.9 Å². The minimum Gasteiger partial charge on any atom is -0.481 e. The third-order valence-electron chi connectivity index (χ3n) is 4.85. The van der Waals surface area contributed by atoms with Crippen molar-refractivity contribution in [2.45, 2.75) is 32.4 Å². The van der Waals surface area contributed by atoms with E-state index in [2.05, 4.69) is 12.0 Å². The molecule has 1 aliphatic heterocycles. The van der Waals surface area contributed by atoms with Crippen LogP contribution < -0.4 is 15.1 Å². The minimum absolute atomic E-state index is 0.0125. The molecule has 0 bridgehead atoms. The first-order valence-corrected chi connectivity index (χ1v) is 10.4. The lowest BCUT2D eigenvalue weighted by Crippen LogP contribution is -2.40. The van der Waals surface area contributed by atoms with Gasteiger partial charge < -0.3 is 14.3 Å². The SMILES string of the molecule is CCCCCOC.Cn1nc(-c2cc3c(cc2F)OCC(=O)N3CC=O)c(=O)cc1C(F)(F)F. The molecule has 3 rings (SSSR count). The summed E-state index contributed by atoms with van der Waals surface area (Å²) >= 11 is 0. The number of fused-ring (bicyclic) bond motifs is 1. The molecule has 0 saturated heterocycles. The molecule has 0 N–H and O–H groups in total. The second kappa shape index (κ2) is 11.7. The Morgan fingerprint density at radius 2 is 1.91 bits per heavy atom. The van der Waals surface area contributed by atoms with Gasteiger partial charge in [-0.1, -0.05) is 19.8 Å². The lowest BCUT2D eigenvalue weighted by Gasteiger charge is -2.28. The fourth-order valence-corrected chi connectivity index (χ4v) is 3.17. The van der Waals surface area contributed by atoms with Gasteiger partial charge in [-0.05, 0) is 12.5 Å². The van der Waals surface area contributed by atoms with E-state index in [0.717, 1.165) is 30.7 Å². The molecule has 186 valence electrons. The van der Waals surface area contributed by atoms with Crippen LogP contribution in [0.5, 0.6) is 5.75 Å². The number of aromatic nitrogens is 2. The molecule has 1 amide bonds. The number of anilines is 1. The number of unbranched alkanes of at least 4 members (excludes halogenated alkanes) is 2. The molecule has 8 nitrogen and oxygen atoms in total. The molecule has 0 fully saturated rings. The summed E-state index contributed by atoms with van der Waals surface area (Å²) in [6, 6.07) is 2.24. The van der Waals surface area contributed by atoms with E-state index in [1.165, 1.54) is 19.3 Å². The largest absolute Gasteiger partial charge is 0.481 e. The van der Waals surface area contributed by atoms with E-state index in [-0.39, 0.29) is 18.0 Å². The average Bonchev–Trinajstić information content (AvgIpc) is 2.77. The van der Waals surface area contributed by atoms with Crippen molar-refractivity contribution in [3.05, 3.63) is 39.9 Å². The number of ether oxygens (including phenoxy) is 2. The predicted octanol–water partition coefficient (Wildman–Crippen LogP) is 3.35. The van der Waals surface area contributed by atoms with Gasteiger partial charge in [0.05, 0.1) is 12.2 Å². The molecule has 1 aromatic heterocycles. The molecule has 0 unspecified atom stereocenters. The number of hydrogen-bond acceptors (Lipinski definition) is 6. The van der Waals surface area contributed by atoms with Crippen molar-refractivity contribution in [1.82, 2.24) is 9.78 Å². The highest BCUT2D eigenvalue weighted by molar-refractivity contribution is 6.00. The van der Waals surface area contributed by atoms with Gasteiger partial charge in [-0.25, -0.2) is 4.39 Å². The van der Waals surface area contributed by atoms with Crippen LogP contribution in [0.15, 0.2) is 23.0 Å². The van der Waals surface area contributed by atoms with Gasteiger partial charge in [0.25, 0.3) is 5.91 Å².